The van der Waals surface area contributed by atoms with E-state index < -0.39 is 4.92 Å². The molecule has 20 heavy (non-hydrogen) atoms. The van der Waals surface area contributed by atoms with Gasteiger partial charge in [0.2, 0.25) is 0 Å². The van der Waals surface area contributed by atoms with Crippen LogP contribution in [-0.4, -0.2) is 18.0 Å². The van der Waals surface area contributed by atoms with Gasteiger partial charge >= 0.3 is 0 Å². The summed E-state index contributed by atoms with van der Waals surface area (Å²) in [7, 11) is 0. The lowest BCUT2D eigenvalue weighted by Gasteiger charge is -2.27. The third-order valence-electron chi connectivity index (χ3n) is 3.66. The second-order valence-corrected chi connectivity index (χ2v) is 4.86. The summed E-state index contributed by atoms with van der Waals surface area (Å²) in [6, 6.07) is 4.89. The minimum absolute atomic E-state index is 0.0541. The van der Waals surface area contributed by atoms with Crippen LogP contribution in [0, 0.1) is 16.0 Å². The van der Waals surface area contributed by atoms with E-state index in [4.69, 9.17) is 5.84 Å². The summed E-state index contributed by atoms with van der Waals surface area (Å²) >= 11 is 0. The molecule has 0 saturated heterocycles. The molecule has 0 atom stereocenters. The standard InChI is InChI=1S/C14H24N4O2/c1-4-11(5-2)10-17(6-3)13-7-12(16-15)8-14(9-13)18(19)20/h7-9,11,16H,4-6,10,15H2,1-3H3. The van der Waals surface area contributed by atoms with Crippen LogP contribution >= 0.6 is 0 Å². The van der Waals surface area contributed by atoms with Gasteiger partial charge in [0.15, 0.2) is 0 Å². The molecule has 3 N–H and O–H groups in total. The van der Waals surface area contributed by atoms with Crippen molar-refractivity contribution in [1.82, 2.24) is 0 Å². The number of anilines is 2. The number of nitrogens with two attached hydrogens (primary N) is 1. The van der Waals surface area contributed by atoms with Crippen LogP contribution in [0.2, 0.25) is 0 Å². The minimum atomic E-state index is -0.394. The molecule has 0 bridgehead atoms. The maximum Gasteiger partial charge on any atom is 0.273 e. The van der Waals surface area contributed by atoms with E-state index in [0.29, 0.717) is 11.6 Å². The first-order chi connectivity index (χ1) is 9.55. The third kappa shape index (κ3) is 4.09. The zero-order valence-electron chi connectivity index (χ0n) is 12.4. The van der Waals surface area contributed by atoms with Crippen LogP contribution in [0.1, 0.15) is 33.6 Å². The van der Waals surface area contributed by atoms with Gasteiger partial charge in [0.25, 0.3) is 5.69 Å². The number of nitrogen functional groups attached to an aromatic ring is 1. The summed E-state index contributed by atoms with van der Waals surface area (Å²) in [5.41, 5.74) is 3.93. The van der Waals surface area contributed by atoms with Crippen LogP contribution < -0.4 is 16.2 Å². The predicted molar refractivity (Wildman–Crippen MR) is 82.9 cm³/mol. The lowest BCUT2D eigenvalue weighted by Crippen LogP contribution is -2.29. The molecule has 0 heterocycles. The van der Waals surface area contributed by atoms with Crippen molar-refractivity contribution in [2.24, 2.45) is 11.8 Å². The summed E-state index contributed by atoms with van der Waals surface area (Å²) < 4.78 is 0. The van der Waals surface area contributed by atoms with Crippen molar-refractivity contribution in [1.29, 1.82) is 0 Å². The Labute approximate surface area is 120 Å². The van der Waals surface area contributed by atoms with Gasteiger partial charge in [0.1, 0.15) is 0 Å². The number of nitrogens with zero attached hydrogens (tertiary/aromatic N) is 2. The number of nitro benzene ring substituents is 1. The van der Waals surface area contributed by atoms with E-state index in [1.165, 1.54) is 6.07 Å². The molecule has 0 unspecified atom stereocenters. The van der Waals surface area contributed by atoms with Gasteiger partial charge in [-0.05, 0) is 18.9 Å². The fourth-order valence-corrected chi connectivity index (χ4v) is 2.24. The zero-order chi connectivity index (χ0) is 15.1. The van der Waals surface area contributed by atoms with Crippen LogP contribution in [-0.2, 0) is 0 Å². The Balaban J connectivity index is 3.07. The lowest BCUT2D eigenvalue weighted by atomic mass is 10.0. The second kappa shape index (κ2) is 7.69. The van der Waals surface area contributed by atoms with Crippen molar-refractivity contribution in [3.8, 4) is 0 Å². The average molecular weight is 280 g/mol. The highest BCUT2D eigenvalue weighted by Crippen LogP contribution is 2.27. The molecule has 0 radical (unpaired) electrons. The number of hydrogen-bond donors (Lipinski definition) is 2. The maximum atomic E-state index is 11.0. The molecule has 0 aliphatic rings. The normalized spacial score (nSPS) is 10.7. The van der Waals surface area contributed by atoms with Gasteiger partial charge in [-0.15, -0.1) is 0 Å². The van der Waals surface area contributed by atoms with Crippen LogP contribution in [0.3, 0.4) is 0 Å². The van der Waals surface area contributed by atoms with Crippen molar-refractivity contribution in [3.05, 3.63) is 28.3 Å². The van der Waals surface area contributed by atoms with Crippen molar-refractivity contribution >= 4 is 17.1 Å². The molecule has 0 aliphatic heterocycles. The van der Waals surface area contributed by atoms with E-state index in [1.54, 1.807) is 6.07 Å². The highest BCUT2D eigenvalue weighted by Gasteiger charge is 2.15. The first-order valence-corrected chi connectivity index (χ1v) is 7.06. The van der Waals surface area contributed by atoms with E-state index >= 15 is 0 Å². The number of rotatable bonds is 8. The topological polar surface area (TPSA) is 84.4 Å². The molecule has 0 aliphatic carbocycles. The van der Waals surface area contributed by atoms with E-state index in [1.807, 2.05) is 6.07 Å². The molecule has 1 rings (SSSR count). The maximum absolute atomic E-state index is 11.0. The van der Waals surface area contributed by atoms with Gasteiger partial charge in [-0.2, -0.15) is 0 Å². The molecule has 0 fully saturated rings. The Bertz CT molecular complexity index is 447. The van der Waals surface area contributed by atoms with Crippen molar-refractivity contribution in [2.75, 3.05) is 23.4 Å². The summed E-state index contributed by atoms with van der Waals surface area (Å²) in [5, 5.41) is 11.0. The third-order valence-corrected chi connectivity index (χ3v) is 3.66. The Kier molecular flexibility index (Phi) is 6.24. The summed E-state index contributed by atoms with van der Waals surface area (Å²) in [6.07, 6.45) is 2.20. The van der Waals surface area contributed by atoms with Crippen LogP contribution in [0.25, 0.3) is 0 Å². The molecular formula is C14H24N4O2. The number of nitrogens with one attached hydrogen (secondary N) is 1. The number of benzene rings is 1. The zero-order valence-corrected chi connectivity index (χ0v) is 12.4. The fourth-order valence-electron chi connectivity index (χ4n) is 2.24. The fraction of sp³-hybridized carbons (Fsp3) is 0.571. The molecule has 0 spiro atoms. The van der Waals surface area contributed by atoms with Gasteiger partial charge in [-0.1, -0.05) is 26.7 Å². The van der Waals surface area contributed by atoms with Crippen LogP contribution in [0.5, 0.6) is 0 Å². The first-order valence-electron chi connectivity index (χ1n) is 7.06. The van der Waals surface area contributed by atoms with Crippen LogP contribution in [0.4, 0.5) is 17.1 Å². The number of nitro groups is 1. The molecule has 0 amide bonds. The first kappa shape index (κ1) is 16.2. The molecule has 1 aromatic rings. The number of hydrazine groups is 1. The number of hydrogen-bond acceptors (Lipinski definition) is 5. The lowest BCUT2D eigenvalue weighted by molar-refractivity contribution is -0.384. The SMILES string of the molecule is CCC(CC)CN(CC)c1cc(NN)cc([N+](=O)[O-])c1. The largest absolute Gasteiger partial charge is 0.371 e. The Morgan fingerprint density at radius 1 is 1.30 bits per heavy atom. The number of non-ortho nitro benzene ring substituents is 1. The quantitative estimate of drug-likeness (QED) is 0.434. The molecule has 0 saturated carbocycles. The van der Waals surface area contributed by atoms with Gasteiger partial charge in [0, 0.05) is 30.9 Å². The van der Waals surface area contributed by atoms with Crippen LogP contribution in [0.15, 0.2) is 18.2 Å². The molecule has 0 aromatic heterocycles. The van der Waals surface area contributed by atoms with E-state index in [9.17, 15) is 10.1 Å². The van der Waals surface area contributed by atoms with Gasteiger partial charge in [0.05, 0.1) is 10.6 Å². The van der Waals surface area contributed by atoms with Gasteiger partial charge in [-0.25, -0.2) is 0 Å². The average Bonchev–Trinajstić information content (AvgIpc) is 2.48. The monoisotopic (exact) mass is 280 g/mol. The van der Waals surface area contributed by atoms with Crippen molar-refractivity contribution in [2.45, 2.75) is 33.6 Å². The predicted octanol–water partition coefficient (Wildman–Crippen LogP) is 3.14. The summed E-state index contributed by atoms with van der Waals surface area (Å²) in [6.45, 7) is 8.09. The summed E-state index contributed by atoms with van der Waals surface area (Å²) in [5.74, 6) is 5.98. The Hall–Kier alpha value is -1.82. The molecule has 6 heteroatoms. The van der Waals surface area contributed by atoms with Crippen molar-refractivity contribution in [3.63, 3.8) is 0 Å². The van der Waals surface area contributed by atoms with E-state index in [2.05, 4.69) is 31.1 Å². The molecular weight excluding hydrogens is 256 g/mol. The van der Waals surface area contributed by atoms with Gasteiger partial charge < -0.3 is 10.3 Å². The summed E-state index contributed by atoms with van der Waals surface area (Å²) in [4.78, 5) is 12.7. The molecule has 112 valence electrons. The van der Waals surface area contributed by atoms with Crippen molar-refractivity contribution < 1.29 is 4.92 Å². The van der Waals surface area contributed by atoms with E-state index in [0.717, 1.165) is 31.6 Å². The Morgan fingerprint density at radius 2 is 1.95 bits per heavy atom. The van der Waals surface area contributed by atoms with Gasteiger partial charge in [-0.3, -0.25) is 16.0 Å². The van der Waals surface area contributed by atoms with E-state index in [-0.39, 0.29) is 5.69 Å². The highest BCUT2D eigenvalue weighted by molar-refractivity contribution is 5.64. The smallest absolute Gasteiger partial charge is 0.273 e. The second-order valence-electron chi connectivity index (χ2n) is 4.86. The molecule has 1 aromatic carbocycles. The highest BCUT2D eigenvalue weighted by atomic mass is 16.6. The molecule has 6 nitrogen and oxygen atoms in total. The Morgan fingerprint density at radius 3 is 2.40 bits per heavy atom. The minimum Gasteiger partial charge on any atom is -0.371 e.